The SMILES string of the molecule is CCCCC=CC1=CC(=O)NC1=O. The topological polar surface area (TPSA) is 46.2 Å². The molecule has 3 nitrogen and oxygen atoms in total. The van der Waals surface area contributed by atoms with Gasteiger partial charge in [0, 0.05) is 11.6 Å². The molecule has 0 unspecified atom stereocenters. The fourth-order valence-electron chi connectivity index (χ4n) is 1.08. The second-order valence-electron chi connectivity index (χ2n) is 2.96. The summed E-state index contributed by atoms with van der Waals surface area (Å²) in [7, 11) is 0. The molecule has 0 aromatic rings. The summed E-state index contributed by atoms with van der Waals surface area (Å²) in [6.07, 6.45) is 8.15. The van der Waals surface area contributed by atoms with Gasteiger partial charge < -0.3 is 0 Å². The predicted octanol–water partition coefficient (Wildman–Crippen LogP) is 1.32. The molecule has 2 amide bonds. The lowest BCUT2D eigenvalue weighted by Crippen LogP contribution is -2.21. The molecule has 0 radical (unpaired) electrons. The van der Waals surface area contributed by atoms with Crippen LogP contribution >= 0.6 is 0 Å². The average molecular weight is 179 g/mol. The minimum absolute atomic E-state index is 0.294. The van der Waals surface area contributed by atoms with Gasteiger partial charge in [0.25, 0.3) is 11.8 Å². The Kier molecular flexibility index (Phi) is 3.43. The largest absolute Gasteiger partial charge is 0.289 e. The molecule has 0 saturated heterocycles. The monoisotopic (exact) mass is 179 g/mol. The van der Waals surface area contributed by atoms with Crippen LogP contribution in [0.3, 0.4) is 0 Å². The summed E-state index contributed by atoms with van der Waals surface area (Å²) in [6.45, 7) is 2.11. The quantitative estimate of drug-likeness (QED) is 0.522. The van der Waals surface area contributed by atoms with Gasteiger partial charge in [-0.3, -0.25) is 14.9 Å². The Hall–Kier alpha value is -1.38. The fourth-order valence-corrected chi connectivity index (χ4v) is 1.08. The number of imide groups is 1. The van der Waals surface area contributed by atoms with Crippen LogP contribution in [0.5, 0.6) is 0 Å². The van der Waals surface area contributed by atoms with Crippen LogP contribution in [0.1, 0.15) is 26.2 Å². The number of nitrogens with one attached hydrogen (secondary N) is 1. The molecule has 1 aliphatic heterocycles. The standard InChI is InChI=1S/C10H13NO2/c1-2-3-4-5-6-8-7-9(12)11-10(8)13/h5-7H,2-4H2,1H3,(H,11,12,13). The summed E-state index contributed by atoms with van der Waals surface area (Å²) >= 11 is 0. The molecule has 1 heterocycles. The van der Waals surface area contributed by atoms with Gasteiger partial charge in [0.05, 0.1) is 0 Å². The fraction of sp³-hybridized carbons (Fsp3) is 0.400. The van der Waals surface area contributed by atoms with Gasteiger partial charge in [-0.2, -0.15) is 0 Å². The van der Waals surface area contributed by atoms with Gasteiger partial charge in [-0.05, 0) is 6.42 Å². The molecule has 13 heavy (non-hydrogen) atoms. The summed E-state index contributed by atoms with van der Waals surface area (Å²) in [4.78, 5) is 21.7. The average Bonchev–Trinajstić information content (AvgIpc) is 2.39. The Morgan fingerprint density at radius 3 is 2.77 bits per heavy atom. The third-order valence-corrected chi connectivity index (χ3v) is 1.81. The van der Waals surface area contributed by atoms with Gasteiger partial charge in [-0.15, -0.1) is 0 Å². The van der Waals surface area contributed by atoms with E-state index >= 15 is 0 Å². The molecule has 1 aliphatic rings. The maximum Gasteiger partial charge on any atom is 0.258 e. The lowest BCUT2D eigenvalue weighted by molar-refractivity contribution is -0.123. The van der Waals surface area contributed by atoms with E-state index in [1.54, 1.807) is 6.08 Å². The van der Waals surface area contributed by atoms with Gasteiger partial charge in [0.15, 0.2) is 0 Å². The van der Waals surface area contributed by atoms with Crippen molar-refractivity contribution >= 4 is 11.8 Å². The summed E-state index contributed by atoms with van der Waals surface area (Å²) in [6, 6.07) is 0. The zero-order valence-electron chi connectivity index (χ0n) is 7.67. The highest BCUT2D eigenvalue weighted by atomic mass is 16.2. The highest BCUT2D eigenvalue weighted by Gasteiger charge is 2.17. The van der Waals surface area contributed by atoms with E-state index in [1.165, 1.54) is 6.08 Å². The van der Waals surface area contributed by atoms with Crippen molar-refractivity contribution in [2.24, 2.45) is 0 Å². The van der Waals surface area contributed by atoms with E-state index in [-0.39, 0.29) is 11.8 Å². The van der Waals surface area contributed by atoms with Crippen molar-refractivity contribution in [3.05, 3.63) is 23.8 Å². The van der Waals surface area contributed by atoms with Crippen LogP contribution in [0.2, 0.25) is 0 Å². The summed E-state index contributed by atoms with van der Waals surface area (Å²) < 4.78 is 0. The molecule has 0 fully saturated rings. The number of carbonyl (C=O) groups is 2. The second-order valence-corrected chi connectivity index (χ2v) is 2.96. The summed E-state index contributed by atoms with van der Waals surface area (Å²) in [5.74, 6) is -0.613. The van der Waals surface area contributed by atoms with E-state index in [4.69, 9.17) is 0 Å². The van der Waals surface area contributed by atoms with Crippen molar-refractivity contribution < 1.29 is 9.59 Å². The second kappa shape index (κ2) is 4.60. The number of unbranched alkanes of at least 4 members (excludes halogenated alkanes) is 2. The first-order valence-electron chi connectivity index (χ1n) is 4.47. The molecule has 0 aromatic heterocycles. The van der Waals surface area contributed by atoms with Crippen molar-refractivity contribution in [3.63, 3.8) is 0 Å². The number of hydrogen-bond donors (Lipinski definition) is 1. The molecule has 0 aliphatic carbocycles. The molecule has 0 saturated carbocycles. The minimum atomic E-state index is -0.319. The lowest BCUT2D eigenvalue weighted by atomic mass is 10.2. The molecule has 70 valence electrons. The van der Waals surface area contributed by atoms with Crippen LogP contribution in [0.25, 0.3) is 0 Å². The van der Waals surface area contributed by atoms with Crippen LogP contribution in [0.4, 0.5) is 0 Å². The first kappa shape index (κ1) is 9.71. The van der Waals surface area contributed by atoms with Crippen molar-refractivity contribution in [2.75, 3.05) is 0 Å². The molecule has 0 aromatic carbocycles. The molecule has 3 heteroatoms. The van der Waals surface area contributed by atoms with Gasteiger partial charge in [0.2, 0.25) is 0 Å². The lowest BCUT2D eigenvalue weighted by Gasteiger charge is -1.90. The third kappa shape index (κ3) is 2.86. The molecule has 1 N–H and O–H groups in total. The van der Waals surface area contributed by atoms with E-state index in [2.05, 4.69) is 12.2 Å². The maximum atomic E-state index is 11.0. The molecule has 0 spiro atoms. The summed E-state index contributed by atoms with van der Waals surface area (Å²) in [5.41, 5.74) is 0.459. The van der Waals surface area contributed by atoms with E-state index < -0.39 is 0 Å². The molecular weight excluding hydrogens is 166 g/mol. The Bertz CT molecular complexity index is 277. The smallest absolute Gasteiger partial charge is 0.258 e. The van der Waals surface area contributed by atoms with E-state index in [9.17, 15) is 9.59 Å². The van der Waals surface area contributed by atoms with Crippen molar-refractivity contribution in [3.8, 4) is 0 Å². The number of allylic oxidation sites excluding steroid dienone is 1. The van der Waals surface area contributed by atoms with Crippen LogP contribution < -0.4 is 5.32 Å². The van der Waals surface area contributed by atoms with Gasteiger partial charge in [-0.1, -0.05) is 31.9 Å². The normalized spacial score (nSPS) is 16.5. The van der Waals surface area contributed by atoms with Gasteiger partial charge in [0.1, 0.15) is 0 Å². The van der Waals surface area contributed by atoms with E-state index in [1.807, 2.05) is 6.08 Å². The van der Waals surface area contributed by atoms with Gasteiger partial charge >= 0.3 is 0 Å². The Labute approximate surface area is 77.5 Å². The van der Waals surface area contributed by atoms with Crippen LogP contribution in [0.15, 0.2) is 23.8 Å². The zero-order chi connectivity index (χ0) is 9.68. The first-order valence-corrected chi connectivity index (χ1v) is 4.47. The first-order chi connectivity index (χ1) is 6.24. The third-order valence-electron chi connectivity index (χ3n) is 1.81. The maximum absolute atomic E-state index is 11.0. The summed E-state index contributed by atoms with van der Waals surface area (Å²) in [5, 5.41) is 2.19. The minimum Gasteiger partial charge on any atom is -0.289 e. The molecular formula is C10H13NO2. The Morgan fingerprint density at radius 1 is 1.46 bits per heavy atom. The van der Waals surface area contributed by atoms with Crippen molar-refractivity contribution in [1.82, 2.24) is 5.32 Å². The Morgan fingerprint density at radius 2 is 2.23 bits per heavy atom. The highest BCUT2D eigenvalue weighted by molar-refractivity contribution is 6.17. The predicted molar refractivity (Wildman–Crippen MR) is 49.9 cm³/mol. The number of hydrogen-bond acceptors (Lipinski definition) is 2. The van der Waals surface area contributed by atoms with Crippen LogP contribution in [-0.4, -0.2) is 11.8 Å². The van der Waals surface area contributed by atoms with Crippen LogP contribution in [-0.2, 0) is 9.59 Å². The van der Waals surface area contributed by atoms with Crippen molar-refractivity contribution in [1.29, 1.82) is 0 Å². The number of amides is 2. The highest BCUT2D eigenvalue weighted by Crippen LogP contribution is 2.05. The Balaban J connectivity index is 2.44. The molecule has 1 rings (SSSR count). The van der Waals surface area contributed by atoms with Crippen molar-refractivity contribution in [2.45, 2.75) is 26.2 Å². The molecule has 0 atom stereocenters. The van der Waals surface area contributed by atoms with E-state index in [0.717, 1.165) is 19.3 Å². The molecule has 0 bridgehead atoms. The number of rotatable bonds is 4. The number of carbonyl (C=O) groups excluding carboxylic acids is 2. The van der Waals surface area contributed by atoms with Gasteiger partial charge in [-0.25, -0.2) is 0 Å². The van der Waals surface area contributed by atoms with E-state index in [0.29, 0.717) is 5.57 Å². The zero-order valence-corrected chi connectivity index (χ0v) is 7.67. The van der Waals surface area contributed by atoms with Crippen LogP contribution in [0, 0.1) is 0 Å².